The Morgan fingerprint density at radius 2 is 2.14 bits per heavy atom. The third kappa shape index (κ3) is 3.96. The topological polar surface area (TPSA) is 90.2 Å². The largest absolute Gasteiger partial charge is 0.457 e. The number of likely N-dealkylation sites (tertiary alicyclic amines) is 1. The SMILES string of the molecule is CN(C)CC1CCCN(C2=Nc3cc(C4NC(=O)NC4=O)oc3C=CC2)CC1. The van der Waals surface area contributed by atoms with Crippen LogP contribution >= 0.6 is 0 Å². The van der Waals surface area contributed by atoms with E-state index in [1.807, 2.05) is 12.2 Å². The number of nitrogens with one attached hydrogen (secondary N) is 2. The summed E-state index contributed by atoms with van der Waals surface area (Å²) in [5.74, 6) is 2.39. The predicted octanol–water partition coefficient (Wildman–Crippen LogP) is 2.27. The minimum atomic E-state index is -0.795. The second kappa shape index (κ2) is 7.79. The number of carbonyl (C=O) groups excluding carboxylic acids is 2. The Morgan fingerprint density at radius 1 is 1.29 bits per heavy atom. The molecule has 28 heavy (non-hydrogen) atoms. The van der Waals surface area contributed by atoms with E-state index in [1.54, 1.807) is 6.07 Å². The lowest BCUT2D eigenvalue weighted by atomic mass is 10.0. The summed E-state index contributed by atoms with van der Waals surface area (Å²) in [4.78, 5) is 32.8. The Kier molecular flexibility index (Phi) is 5.21. The van der Waals surface area contributed by atoms with Crippen LogP contribution in [0.4, 0.5) is 10.5 Å². The Hall–Kier alpha value is -2.61. The number of rotatable bonds is 3. The maximum atomic E-state index is 11.9. The summed E-state index contributed by atoms with van der Waals surface area (Å²) in [7, 11) is 4.27. The van der Waals surface area contributed by atoms with E-state index >= 15 is 0 Å². The van der Waals surface area contributed by atoms with Crippen LogP contribution in [0.1, 0.15) is 43.2 Å². The van der Waals surface area contributed by atoms with Crippen molar-refractivity contribution >= 4 is 29.5 Å². The molecule has 0 aliphatic carbocycles. The number of fused-ring (bicyclic) bond motifs is 1. The van der Waals surface area contributed by atoms with Crippen LogP contribution in [0.3, 0.4) is 0 Å². The van der Waals surface area contributed by atoms with Crippen molar-refractivity contribution in [2.24, 2.45) is 10.9 Å². The van der Waals surface area contributed by atoms with Crippen molar-refractivity contribution in [1.82, 2.24) is 20.4 Å². The molecule has 0 spiro atoms. The van der Waals surface area contributed by atoms with E-state index in [0.29, 0.717) is 17.2 Å². The molecule has 8 nitrogen and oxygen atoms in total. The number of aliphatic imine (C=N–C) groups is 1. The van der Waals surface area contributed by atoms with Crippen LogP contribution in [0.25, 0.3) is 6.08 Å². The van der Waals surface area contributed by atoms with Gasteiger partial charge in [0.25, 0.3) is 5.91 Å². The van der Waals surface area contributed by atoms with Gasteiger partial charge in [-0.05, 0) is 45.4 Å². The Morgan fingerprint density at radius 3 is 2.89 bits per heavy atom. The molecule has 0 bridgehead atoms. The molecule has 2 atom stereocenters. The molecule has 1 aromatic heterocycles. The molecule has 0 saturated carbocycles. The van der Waals surface area contributed by atoms with Crippen LogP contribution in [0, 0.1) is 5.92 Å². The maximum absolute atomic E-state index is 11.9. The second-order valence-corrected chi connectivity index (χ2v) is 7.97. The summed E-state index contributed by atoms with van der Waals surface area (Å²) in [6.45, 7) is 3.15. The van der Waals surface area contributed by atoms with Crippen LogP contribution in [0.2, 0.25) is 0 Å². The molecule has 0 radical (unpaired) electrons. The third-order valence-corrected chi connectivity index (χ3v) is 5.47. The highest BCUT2D eigenvalue weighted by Crippen LogP contribution is 2.33. The van der Waals surface area contributed by atoms with E-state index in [1.165, 1.54) is 19.3 Å². The number of hydrogen-bond donors (Lipinski definition) is 2. The number of urea groups is 1. The first-order valence-corrected chi connectivity index (χ1v) is 9.88. The van der Waals surface area contributed by atoms with Gasteiger partial charge in [0.2, 0.25) is 0 Å². The van der Waals surface area contributed by atoms with Crippen molar-refractivity contribution in [2.75, 3.05) is 33.7 Å². The Balaban J connectivity index is 1.51. The molecule has 3 aliphatic rings. The van der Waals surface area contributed by atoms with Crippen LogP contribution in [-0.4, -0.2) is 61.3 Å². The summed E-state index contributed by atoms with van der Waals surface area (Å²) >= 11 is 0. The van der Waals surface area contributed by atoms with Gasteiger partial charge in [0.05, 0.1) is 0 Å². The molecule has 8 heteroatoms. The highest BCUT2D eigenvalue weighted by Gasteiger charge is 2.34. The fraction of sp³-hybridized carbons (Fsp3) is 0.550. The van der Waals surface area contributed by atoms with Crippen molar-refractivity contribution in [1.29, 1.82) is 0 Å². The van der Waals surface area contributed by atoms with Gasteiger partial charge in [-0.15, -0.1) is 0 Å². The van der Waals surface area contributed by atoms with Crippen molar-refractivity contribution < 1.29 is 14.0 Å². The summed E-state index contributed by atoms with van der Waals surface area (Å²) in [6, 6.07) is 0.461. The van der Waals surface area contributed by atoms with Gasteiger partial charge >= 0.3 is 6.03 Å². The number of carbonyl (C=O) groups is 2. The zero-order valence-corrected chi connectivity index (χ0v) is 16.4. The Bertz CT molecular complexity index is 826. The van der Waals surface area contributed by atoms with Crippen LogP contribution < -0.4 is 10.6 Å². The molecular formula is C20H27N5O3. The van der Waals surface area contributed by atoms with Gasteiger partial charge in [-0.2, -0.15) is 0 Å². The molecule has 1 aromatic rings. The fourth-order valence-electron chi connectivity index (χ4n) is 4.16. The lowest BCUT2D eigenvalue weighted by Crippen LogP contribution is -2.32. The minimum Gasteiger partial charge on any atom is -0.457 e. The third-order valence-electron chi connectivity index (χ3n) is 5.47. The van der Waals surface area contributed by atoms with Crippen molar-refractivity contribution in [3.63, 3.8) is 0 Å². The van der Waals surface area contributed by atoms with Crippen LogP contribution in [-0.2, 0) is 4.79 Å². The molecule has 150 valence electrons. The smallest absolute Gasteiger partial charge is 0.322 e. The zero-order valence-electron chi connectivity index (χ0n) is 16.4. The number of amides is 3. The molecule has 2 fully saturated rings. The molecular weight excluding hydrogens is 358 g/mol. The number of hydrogen-bond acceptors (Lipinski definition) is 6. The Labute approximate surface area is 164 Å². The number of furan rings is 1. The van der Waals surface area contributed by atoms with Crippen molar-refractivity contribution in [2.45, 2.75) is 31.7 Å². The molecule has 3 aliphatic heterocycles. The molecule has 4 rings (SSSR count). The van der Waals surface area contributed by atoms with Gasteiger partial charge < -0.3 is 19.5 Å². The van der Waals surface area contributed by atoms with Gasteiger partial charge in [-0.25, -0.2) is 9.79 Å². The number of amidine groups is 1. The second-order valence-electron chi connectivity index (χ2n) is 7.97. The van der Waals surface area contributed by atoms with E-state index in [0.717, 1.165) is 37.8 Å². The van der Waals surface area contributed by atoms with Gasteiger partial charge in [0, 0.05) is 32.1 Å². The van der Waals surface area contributed by atoms with Gasteiger partial charge in [0.15, 0.2) is 11.8 Å². The first kappa shape index (κ1) is 18.7. The molecule has 2 saturated heterocycles. The van der Waals surface area contributed by atoms with Crippen molar-refractivity contribution in [3.05, 3.63) is 23.7 Å². The van der Waals surface area contributed by atoms with E-state index in [2.05, 4.69) is 34.5 Å². The summed E-state index contributed by atoms with van der Waals surface area (Å²) < 4.78 is 5.82. The van der Waals surface area contributed by atoms with E-state index < -0.39 is 18.0 Å². The van der Waals surface area contributed by atoms with Crippen molar-refractivity contribution in [3.8, 4) is 0 Å². The maximum Gasteiger partial charge on any atom is 0.322 e. The highest BCUT2D eigenvalue weighted by molar-refractivity contribution is 6.04. The van der Waals surface area contributed by atoms with Crippen LogP contribution in [0.15, 0.2) is 21.6 Å². The first-order valence-electron chi connectivity index (χ1n) is 9.88. The zero-order chi connectivity index (χ0) is 19.7. The quantitative estimate of drug-likeness (QED) is 0.779. The lowest BCUT2D eigenvalue weighted by molar-refractivity contribution is -0.120. The average Bonchev–Trinajstić information content (AvgIpc) is 3.00. The first-order chi connectivity index (χ1) is 13.5. The van der Waals surface area contributed by atoms with Crippen LogP contribution in [0.5, 0.6) is 0 Å². The molecule has 4 heterocycles. The van der Waals surface area contributed by atoms with Gasteiger partial charge in [0.1, 0.15) is 17.3 Å². The fourth-order valence-corrected chi connectivity index (χ4v) is 4.16. The van der Waals surface area contributed by atoms with Gasteiger partial charge in [-0.1, -0.05) is 6.08 Å². The van der Waals surface area contributed by atoms with Gasteiger partial charge in [-0.3, -0.25) is 10.1 Å². The summed E-state index contributed by atoms with van der Waals surface area (Å²) in [5, 5.41) is 4.80. The lowest BCUT2D eigenvalue weighted by Gasteiger charge is -2.24. The standard InChI is InChI=1S/C20H27N5O3/c1-24(2)12-13-5-4-9-25(10-8-13)17-7-3-6-15-14(21-17)11-16(28-15)18-19(26)23-20(27)22-18/h3,6,11,13,18H,4-5,7-10,12H2,1-2H3,(H2,22,23,26,27). The average molecular weight is 385 g/mol. The van der Waals surface area contributed by atoms with E-state index in [4.69, 9.17) is 9.41 Å². The molecule has 0 aromatic carbocycles. The van der Waals surface area contributed by atoms with E-state index in [-0.39, 0.29) is 0 Å². The number of nitrogens with zero attached hydrogens (tertiary/aromatic N) is 3. The molecule has 2 N–H and O–H groups in total. The highest BCUT2D eigenvalue weighted by atomic mass is 16.3. The summed E-state index contributed by atoms with van der Waals surface area (Å²) in [6.07, 6.45) is 8.29. The minimum absolute atomic E-state index is 0.401. The van der Waals surface area contributed by atoms with E-state index in [9.17, 15) is 9.59 Å². The molecule has 2 unspecified atom stereocenters. The number of imide groups is 1. The molecule has 3 amide bonds. The monoisotopic (exact) mass is 385 g/mol. The predicted molar refractivity (Wildman–Crippen MR) is 106 cm³/mol. The summed E-state index contributed by atoms with van der Waals surface area (Å²) in [5.41, 5.74) is 0.710. The normalized spacial score (nSPS) is 25.1.